The highest BCUT2D eigenvalue weighted by Crippen LogP contribution is 2.07. The Morgan fingerprint density at radius 1 is 0.846 bits per heavy atom. The van der Waals surface area contributed by atoms with Gasteiger partial charge in [0.1, 0.15) is 13.2 Å². The van der Waals surface area contributed by atoms with Crippen molar-refractivity contribution in [3.8, 4) is 0 Å². The van der Waals surface area contributed by atoms with E-state index in [1.807, 2.05) is 60.7 Å². The summed E-state index contributed by atoms with van der Waals surface area (Å²) in [5, 5.41) is 3.93. The summed E-state index contributed by atoms with van der Waals surface area (Å²) in [4.78, 5) is 28.2. The number of carbonyl (C=O) groups excluding carboxylic acids is 2. The highest BCUT2D eigenvalue weighted by molar-refractivity contribution is 5.89. The van der Waals surface area contributed by atoms with Gasteiger partial charge >= 0.3 is 11.9 Å². The summed E-state index contributed by atoms with van der Waals surface area (Å²) in [5.41, 5.74) is 1.70. The molecule has 1 aromatic heterocycles. The van der Waals surface area contributed by atoms with Crippen LogP contribution in [0.15, 0.2) is 60.7 Å². The number of hydrogen-bond donors (Lipinski definition) is 0. The van der Waals surface area contributed by atoms with Gasteiger partial charge < -0.3 is 9.47 Å². The van der Waals surface area contributed by atoms with E-state index in [4.69, 9.17) is 9.47 Å². The summed E-state index contributed by atoms with van der Waals surface area (Å²) in [6.07, 6.45) is 0. The largest absolute Gasteiger partial charge is 0.455 e. The average molecular weight is 351 g/mol. The predicted molar refractivity (Wildman–Crippen MR) is 92.1 cm³/mol. The number of nitrogens with zero attached hydrogens (tertiary/aromatic N) is 3. The molecule has 0 unspecified atom stereocenters. The van der Waals surface area contributed by atoms with Crippen molar-refractivity contribution in [2.45, 2.75) is 13.2 Å². The molecular weight excluding hydrogens is 334 g/mol. The lowest BCUT2D eigenvalue weighted by molar-refractivity contribution is 0.0452. The van der Waals surface area contributed by atoms with E-state index in [-0.39, 0.29) is 24.9 Å². The second-order valence-electron chi connectivity index (χ2n) is 5.51. The molecule has 0 aliphatic rings. The highest BCUT2D eigenvalue weighted by atomic mass is 16.5. The number of aromatic nitrogens is 3. The lowest BCUT2D eigenvalue weighted by atomic mass is 10.2. The summed E-state index contributed by atoms with van der Waals surface area (Å²) in [5.74, 6) is -1.61. The first kappa shape index (κ1) is 17.3. The fraction of sp³-hybridized carbons (Fsp3) is 0.158. The van der Waals surface area contributed by atoms with E-state index in [9.17, 15) is 9.59 Å². The van der Waals surface area contributed by atoms with Crippen LogP contribution >= 0.6 is 0 Å². The fourth-order valence-corrected chi connectivity index (χ4v) is 2.22. The first-order valence-electron chi connectivity index (χ1n) is 7.96. The number of carbonyl (C=O) groups is 2. The van der Waals surface area contributed by atoms with Crippen LogP contribution in [0.5, 0.6) is 0 Å². The molecule has 3 aromatic rings. The Hall–Kier alpha value is -3.48. The molecule has 0 spiro atoms. The third-order valence-corrected chi connectivity index (χ3v) is 3.55. The quantitative estimate of drug-likeness (QED) is 0.635. The number of aryl methyl sites for hydroxylation is 1. The van der Waals surface area contributed by atoms with E-state index >= 15 is 0 Å². The van der Waals surface area contributed by atoms with E-state index in [0.29, 0.717) is 0 Å². The normalized spacial score (nSPS) is 10.3. The van der Waals surface area contributed by atoms with Crippen molar-refractivity contribution in [2.24, 2.45) is 7.05 Å². The molecule has 0 aliphatic heterocycles. The minimum Gasteiger partial charge on any atom is -0.455 e. The molecule has 0 bridgehead atoms. The molecule has 0 radical (unpaired) electrons. The first-order valence-corrected chi connectivity index (χ1v) is 7.96. The molecule has 0 fully saturated rings. The second-order valence-corrected chi connectivity index (χ2v) is 5.51. The molecule has 1 heterocycles. The summed E-state index contributed by atoms with van der Waals surface area (Å²) < 4.78 is 11.6. The molecule has 0 amide bonds. The molecule has 0 saturated heterocycles. The highest BCUT2D eigenvalue weighted by Gasteiger charge is 2.22. The average Bonchev–Trinajstić information content (AvgIpc) is 3.08. The van der Waals surface area contributed by atoms with Crippen molar-refractivity contribution in [3.63, 3.8) is 0 Å². The molecule has 0 saturated carbocycles. The maximum absolute atomic E-state index is 12.2. The van der Waals surface area contributed by atoms with Gasteiger partial charge in [-0.25, -0.2) is 14.3 Å². The molecule has 2 aromatic carbocycles. The van der Waals surface area contributed by atoms with E-state index in [1.54, 1.807) is 0 Å². The monoisotopic (exact) mass is 351 g/mol. The van der Waals surface area contributed by atoms with Crippen LogP contribution in [0.25, 0.3) is 0 Å². The first-order chi connectivity index (χ1) is 12.6. The lowest BCUT2D eigenvalue weighted by Crippen LogP contribution is -2.12. The van der Waals surface area contributed by atoms with E-state index in [0.717, 1.165) is 11.1 Å². The summed E-state index contributed by atoms with van der Waals surface area (Å²) in [6.45, 7) is 0.214. The molecule has 132 valence electrons. The molecule has 0 atom stereocenters. The summed E-state index contributed by atoms with van der Waals surface area (Å²) in [6, 6.07) is 18.5. The van der Waals surface area contributed by atoms with Gasteiger partial charge in [0, 0.05) is 7.05 Å². The SMILES string of the molecule is Cn1nc(C(=O)OCc2ccccc2)nc1C(=O)OCc1ccccc1. The number of ether oxygens (including phenoxy) is 2. The zero-order valence-corrected chi connectivity index (χ0v) is 14.2. The molecule has 7 heteroatoms. The maximum Gasteiger partial charge on any atom is 0.378 e. The summed E-state index contributed by atoms with van der Waals surface area (Å²) in [7, 11) is 1.51. The minimum absolute atomic E-state index is 0.0624. The molecule has 0 aliphatic carbocycles. The van der Waals surface area contributed by atoms with Crippen LogP contribution in [0.1, 0.15) is 32.4 Å². The van der Waals surface area contributed by atoms with Gasteiger partial charge in [-0.3, -0.25) is 0 Å². The van der Waals surface area contributed by atoms with Crippen molar-refractivity contribution >= 4 is 11.9 Å². The van der Waals surface area contributed by atoms with Crippen LogP contribution in [-0.4, -0.2) is 26.7 Å². The van der Waals surface area contributed by atoms with Crippen LogP contribution in [0.3, 0.4) is 0 Å². The predicted octanol–water partition coefficient (Wildman–Crippen LogP) is 2.53. The van der Waals surface area contributed by atoms with Gasteiger partial charge in [0.25, 0.3) is 5.82 Å². The lowest BCUT2D eigenvalue weighted by Gasteiger charge is -2.03. The summed E-state index contributed by atoms with van der Waals surface area (Å²) >= 11 is 0. The van der Waals surface area contributed by atoms with Crippen LogP contribution in [0, 0.1) is 0 Å². The minimum atomic E-state index is -0.702. The van der Waals surface area contributed by atoms with Gasteiger partial charge in [-0.1, -0.05) is 60.7 Å². The zero-order valence-electron chi connectivity index (χ0n) is 14.2. The number of rotatable bonds is 6. The Morgan fingerprint density at radius 3 is 1.88 bits per heavy atom. The van der Waals surface area contributed by atoms with Crippen LogP contribution < -0.4 is 0 Å². The number of hydrogen-bond acceptors (Lipinski definition) is 6. The van der Waals surface area contributed by atoms with Crippen molar-refractivity contribution < 1.29 is 19.1 Å². The van der Waals surface area contributed by atoms with Crippen LogP contribution in [0.2, 0.25) is 0 Å². The molecule has 0 N–H and O–H groups in total. The van der Waals surface area contributed by atoms with Crippen molar-refractivity contribution in [2.75, 3.05) is 0 Å². The van der Waals surface area contributed by atoms with Gasteiger partial charge in [-0.2, -0.15) is 4.98 Å². The van der Waals surface area contributed by atoms with Gasteiger partial charge in [-0.05, 0) is 11.1 Å². The zero-order chi connectivity index (χ0) is 18.4. The van der Waals surface area contributed by atoms with Gasteiger partial charge in [0.15, 0.2) is 0 Å². The van der Waals surface area contributed by atoms with Crippen LogP contribution in [-0.2, 0) is 29.7 Å². The number of benzene rings is 2. The van der Waals surface area contributed by atoms with Crippen molar-refractivity contribution in [1.29, 1.82) is 0 Å². The molecule has 7 nitrogen and oxygen atoms in total. The molecular formula is C19H17N3O4. The number of esters is 2. The standard InChI is InChI=1S/C19H17N3O4/c1-22-17(19(24)26-13-15-10-6-3-7-11-15)20-16(21-22)18(23)25-12-14-8-4-2-5-9-14/h2-11H,12-13H2,1H3. The van der Waals surface area contributed by atoms with Crippen LogP contribution in [0.4, 0.5) is 0 Å². The Balaban J connectivity index is 1.60. The second kappa shape index (κ2) is 8.06. The third kappa shape index (κ3) is 4.32. The van der Waals surface area contributed by atoms with Crippen molar-refractivity contribution in [3.05, 3.63) is 83.4 Å². The Bertz CT molecular complexity index is 892. The fourth-order valence-electron chi connectivity index (χ4n) is 2.22. The Kier molecular flexibility index (Phi) is 5.38. The Morgan fingerprint density at radius 2 is 1.35 bits per heavy atom. The van der Waals surface area contributed by atoms with E-state index in [2.05, 4.69) is 10.1 Å². The van der Waals surface area contributed by atoms with Crippen molar-refractivity contribution in [1.82, 2.24) is 14.8 Å². The van der Waals surface area contributed by atoms with Gasteiger partial charge in [0.2, 0.25) is 5.82 Å². The van der Waals surface area contributed by atoms with E-state index in [1.165, 1.54) is 11.7 Å². The van der Waals surface area contributed by atoms with Gasteiger partial charge in [-0.15, -0.1) is 5.10 Å². The molecule has 26 heavy (non-hydrogen) atoms. The van der Waals surface area contributed by atoms with E-state index < -0.39 is 11.9 Å². The third-order valence-electron chi connectivity index (χ3n) is 3.55. The Labute approximate surface area is 150 Å². The smallest absolute Gasteiger partial charge is 0.378 e. The van der Waals surface area contributed by atoms with Gasteiger partial charge in [0.05, 0.1) is 0 Å². The molecule has 3 rings (SSSR count). The topological polar surface area (TPSA) is 83.3 Å². The maximum atomic E-state index is 12.2.